The fraction of sp³-hybridized carbons (Fsp3) is 0.800. The summed E-state index contributed by atoms with van der Waals surface area (Å²) in [5, 5.41) is 7.17. The molecule has 28 heavy (non-hydrogen) atoms. The molecule has 0 aliphatic heterocycles. The molecule has 1 atom stereocenters. The zero-order valence-electron chi connectivity index (χ0n) is 16.1. The highest BCUT2D eigenvalue weighted by Gasteiger charge is 2.71. The molecule has 0 saturated heterocycles. The Morgan fingerprint density at radius 2 is 1.71 bits per heavy atom. The molecule has 1 aromatic heterocycles. The molecule has 1 amide bonds. The summed E-state index contributed by atoms with van der Waals surface area (Å²) < 4.78 is 54.9. The highest BCUT2D eigenvalue weighted by Crippen LogP contribution is 2.56. The predicted octanol–water partition coefficient (Wildman–Crippen LogP) is 5.35. The van der Waals surface area contributed by atoms with Gasteiger partial charge in [-0.2, -0.15) is 22.7 Å². The van der Waals surface area contributed by atoms with Gasteiger partial charge in [0.25, 0.3) is 0 Å². The van der Waals surface area contributed by atoms with Crippen LogP contribution in [0.2, 0.25) is 0 Å². The van der Waals surface area contributed by atoms with E-state index in [9.17, 15) is 22.4 Å². The summed E-state index contributed by atoms with van der Waals surface area (Å²) in [5.74, 6) is -9.22. The molecular formula is C20H27F4N3O. The first-order chi connectivity index (χ1) is 13.2. The minimum atomic E-state index is -4.11. The molecule has 4 rings (SSSR count). The average Bonchev–Trinajstić information content (AvgIpc) is 2.89. The van der Waals surface area contributed by atoms with Crippen molar-refractivity contribution in [2.24, 2.45) is 13.0 Å². The standard InChI is InChI=1S/C20H27F4N3O/c1-27-17(13-6-3-2-4-7-13)16(12-8-5-9-12)18(26-27)25-15(28)10-14-11-19(21,22)20(14,23)24/h12-14H,2-11H2,1H3,(H,25,26,28)/t14-/m1/s1. The van der Waals surface area contributed by atoms with Crippen LogP contribution in [0.4, 0.5) is 23.4 Å². The first-order valence-electron chi connectivity index (χ1n) is 10.3. The van der Waals surface area contributed by atoms with Crippen molar-refractivity contribution in [2.75, 3.05) is 5.32 Å². The number of aryl methyl sites for hydroxylation is 1. The Balaban J connectivity index is 1.52. The molecular weight excluding hydrogens is 374 g/mol. The van der Waals surface area contributed by atoms with Crippen molar-refractivity contribution in [3.63, 3.8) is 0 Å². The Bertz CT molecular complexity index is 751. The molecule has 4 nitrogen and oxygen atoms in total. The van der Waals surface area contributed by atoms with Crippen molar-refractivity contribution in [2.45, 2.75) is 87.9 Å². The highest BCUT2D eigenvalue weighted by atomic mass is 19.3. The number of rotatable bonds is 5. The van der Waals surface area contributed by atoms with Gasteiger partial charge in [-0.1, -0.05) is 25.7 Å². The SMILES string of the molecule is Cn1nc(NC(=O)C[C@@H]2CC(F)(F)C2(F)F)c(C2CCC2)c1C1CCCCC1. The van der Waals surface area contributed by atoms with Crippen LogP contribution < -0.4 is 5.32 Å². The molecule has 8 heteroatoms. The summed E-state index contributed by atoms with van der Waals surface area (Å²) in [5.41, 5.74) is 2.19. The Kier molecular flexibility index (Phi) is 4.94. The van der Waals surface area contributed by atoms with Crippen molar-refractivity contribution >= 4 is 11.7 Å². The largest absolute Gasteiger partial charge is 0.313 e. The lowest BCUT2D eigenvalue weighted by atomic mass is 9.74. The molecule has 1 aromatic rings. The summed E-state index contributed by atoms with van der Waals surface area (Å²) in [6.07, 6.45) is 7.39. The topological polar surface area (TPSA) is 46.9 Å². The van der Waals surface area contributed by atoms with Gasteiger partial charge in [-0.05, 0) is 31.6 Å². The zero-order valence-corrected chi connectivity index (χ0v) is 16.1. The first kappa shape index (κ1) is 19.7. The number of alkyl halides is 4. The van der Waals surface area contributed by atoms with Crippen molar-refractivity contribution in [1.82, 2.24) is 9.78 Å². The monoisotopic (exact) mass is 401 g/mol. The van der Waals surface area contributed by atoms with Crippen molar-refractivity contribution in [1.29, 1.82) is 0 Å². The van der Waals surface area contributed by atoms with Gasteiger partial charge in [-0.15, -0.1) is 0 Å². The maximum absolute atomic E-state index is 13.5. The second-order valence-corrected chi connectivity index (χ2v) is 8.71. The number of hydrogen-bond acceptors (Lipinski definition) is 2. The van der Waals surface area contributed by atoms with Crippen LogP contribution in [0.15, 0.2) is 0 Å². The van der Waals surface area contributed by atoms with E-state index in [4.69, 9.17) is 0 Å². The predicted molar refractivity (Wildman–Crippen MR) is 96.9 cm³/mol. The van der Waals surface area contributed by atoms with Crippen molar-refractivity contribution in [3.05, 3.63) is 11.3 Å². The Morgan fingerprint density at radius 1 is 1.07 bits per heavy atom. The fourth-order valence-corrected chi connectivity index (χ4v) is 4.95. The molecule has 0 spiro atoms. The van der Waals surface area contributed by atoms with Gasteiger partial charge >= 0.3 is 11.8 Å². The van der Waals surface area contributed by atoms with Crippen LogP contribution >= 0.6 is 0 Å². The van der Waals surface area contributed by atoms with Gasteiger partial charge in [0.1, 0.15) is 0 Å². The van der Waals surface area contributed by atoms with Crippen LogP contribution in [0.1, 0.15) is 87.3 Å². The highest BCUT2D eigenvalue weighted by molar-refractivity contribution is 5.91. The zero-order chi connectivity index (χ0) is 20.1. The smallest absolute Gasteiger partial charge is 0.309 e. The molecule has 3 fully saturated rings. The molecule has 3 saturated carbocycles. The number of amides is 1. The van der Waals surface area contributed by atoms with E-state index in [1.165, 1.54) is 19.3 Å². The van der Waals surface area contributed by atoms with E-state index < -0.39 is 36.5 Å². The van der Waals surface area contributed by atoms with Crippen LogP contribution in [0, 0.1) is 5.92 Å². The molecule has 3 aliphatic carbocycles. The Hall–Kier alpha value is -1.60. The average molecular weight is 401 g/mol. The summed E-state index contributed by atoms with van der Waals surface area (Å²) in [7, 11) is 1.86. The van der Waals surface area contributed by atoms with Gasteiger partial charge < -0.3 is 5.32 Å². The third-order valence-electron chi connectivity index (χ3n) is 6.83. The molecule has 1 heterocycles. The molecule has 0 radical (unpaired) electrons. The third-order valence-corrected chi connectivity index (χ3v) is 6.83. The van der Waals surface area contributed by atoms with Gasteiger partial charge in [0.05, 0.1) is 0 Å². The second-order valence-electron chi connectivity index (χ2n) is 8.71. The van der Waals surface area contributed by atoms with Gasteiger partial charge in [0, 0.05) is 43.0 Å². The molecule has 1 N–H and O–H groups in total. The van der Waals surface area contributed by atoms with E-state index in [0.29, 0.717) is 17.7 Å². The number of aromatic nitrogens is 2. The lowest BCUT2D eigenvalue weighted by Gasteiger charge is -2.43. The number of carbonyl (C=O) groups excluding carboxylic acids is 1. The second kappa shape index (κ2) is 7.02. The number of nitrogens with one attached hydrogen (secondary N) is 1. The first-order valence-corrected chi connectivity index (χ1v) is 10.3. The number of hydrogen-bond donors (Lipinski definition) is 1. The van der Waals surface area contributed by atoms with E-state index >= 15 is 0 Å². The van der Waals surface area contributed by atoms with Gasteiger partial charge in [-0.3, -0.25) is 9.48 Å². The lowest BCUT2D eigenvalue weighted by Crippen LogP contribution is -2.59. The molecule has 0 aromatic carbocycles. The van der Waals surface area contributed by atoms with Crippen molar-refractivity contribution in [3.8, 4) is 0 Å². The normalized spacial score (nSPS) is 27.1. The third kappa shape index (κ3) is 3.22. The molecule has 156 valence electrons. The maximum Gasteiger partial charge on any atom is 0.313 e. The van der Waals surface area contributed by atoms with Crippen LogP contribution in [-0.2, 0) is 11.8 Å². The van der Waals surface area contributed by atoms with Crippen LogP contribution in [0.25, 0.3) is 0 Å². The van der Waals surface area contributed by atoms with Gasteiger partial charge in [0.2, 0.25) is 5.91 Å². The Labute approximate surface area is 162 Å². The minimum Gasteiger partial charge on any atom is -0.309 e. The summed E-state index contributed by atoms with van der Waals surface area (Å²) >= 11 is 0. The van der Waals surface area contributed by atoms with E-state index in [0.717, 1.165) is 43.4 Å². The van der Waals surface area contributed by atoms with Crippen LogP contribution in [-0.4, -0.2) is 27.5 Å². The molecule has 3 aliphatic rings. The number of halogens is 4. The van der Waals surface area contributed by atoms with E-state index in [-0.39, 0.29) is 0 Å². The van der Waals surface area contributed by atoms with E-state index in [1.807, 2.05) is 11.7 Å². The maximum atomic E-state index is 13.5. The minimum absolute atomic E-state index is 0.329. The van der Waals surface area contributed by atoms with Gasteiger partial charge in [-0.25, -0.2) is 0 Å². The molecule has 0 unspecified atom stereocenters. The van der Waals surface area contributed by atoms with Crippen LogP contribution in [0.5, 0.6) is 0 Å². The van der Waals surface area contributed by atoms with Crippen molar-refractivity contribution < 1.29 is 22.4 Å². The quantitative estimate of drug-likeness (QED) is 0.676. The summed E-state index contributed by atoms with van der Waals surface area (Å²) in [6, 6.07) is 0. The summed E-state index contributed by atoms with van der Waals surface area (Å²) in [6.45, 7) is 0. The lowest BCUT2D eigenvalue weighted by molar-refractivity contribution is -0.313. The number of anilines is 1. The summed E-state index contributed by atoms with van der Waals surface area (Å²) in [4.78, 5) is 12.4. The fourth-order valence-electron chi connectivity index (χ4n) is 4.95. The van der Waals surface area contributed by atoms with Gasteiger partial charge in [0.15, 0.2) is 5.82 Å². The Morgan fingerprint density at radius 3 is 2.25 bits per heavy atom. The van der Waals surface area contributed by atoms with E-state index in [2.05, 4.69) is 10.4 Å². The van der Waals surface area contributed by atoms with Crippen LogP contribution in [0.3, 0.4) is 0 Å². The number of carbonyl (C=O) groups is 1. The molecule has 0 bridgehead atoms. The van der Waals surface area contributed by atoms with E-state index in [1.54, 1.807) is 0 Å². The number of nitrogens with zero attached hydrogens (tertiary/aromatic N) is 2.